The van der Waals surface area contributed by atoms with Crippen molar-refractivity contribution in [2.75, 3.05) is 0 Å². The molecule has 0 radical (unpaired) electrons. The summed E-state index contributed by atoms with van der Waals surface area (Å²) in [7, 11) is 0. The molecule has 0 fully saturated rings. The third-order valence-corrected chi connectivity index (χ3v) is 3.26. The Bertz CT molecular complexity index is 617. The van der Waals surface area contributed by atoms with Crippen molar-refractivity contribution in [1.29, 1.82) is 0 Å². The summed E-state index contributed by atoms with van der Waals surface area (Å²) in [6.07, 6.45) is 0.809. The van der Waals surface area contributed by atoms with Crippen LogP contribution in [0.1, 0.15) is 18.1 Å². The predicted octanol–water partition coefficient (Wildman–Crippen LogP) is 3.45. The SMILES string of the molecule is CC(Cc1ccccc1)NCc1cc(F)ccc1[N+](=O)[O-]. The minimum atomic E-state index is -0.488. The van der Waals surface area contributed by atoms with E-state index in [1.807, 2.05) is 37.3 Å². The fourth-order valence-corrected chi connectivity index (χ4v) is 2.20. The van der Waals surface area contributed by atoms with Crippen LogP contribution in [0.25, 0.3) is 0 Å². The maximum absolute atomic E-state index is 13.2. The summed E-state index contributed by atoms with van der Waals surface area (Å²) in [4.78, 5) is 10.4. The van der Waals surface area contributed by atoms with E-state index in [2.05, 4.69) is 5.32 Å². The quantitative estimate of drug-likeness (QED) is 0.654. The smallest absolute Gasteiger partial charge is 0.274 e. The van der Waals surface area contributed by atoms with Gasteiger partial charge >= 0.3 is 0 Å². The number of nitro groups is 1. The largest absolute Gasteiger partial charge is 0.310 e. The molecule has 1 N–H and O–H groups in total. The Morgan fingerprint density at radius 2 is 1.95 bits per heavy atom. The lowest BCUT2D eigenvalue weighted by Crippen LogP contribution is -2.27. The van der Waals surface area contributed by atoms with Gasteiger partial charge in [0.05, 0.1) is 4.92 Å². The number of hydrogen-bond acceptors (Lipinski definition) is 3. The Balaban J connectivity index is 1.99. The van der Waals surface area contributed by atoms with Crippen LogP contribution >= 0.6 is 0 Å². The van der Waals surface area contributed by atoms with Crippen LogP contribution in [0.3, 0.4) is 0 Å². The second kappa shape index (κ2) is 6.95. The lowest BCUT2D eigenvalue weighted by atomic mass is 10.1. The van der Waals surface area contributed by atoms with Gasteiger partial charge in [0.1, 0.15) is 5.82 Å². The summed E-state index contributed by atoms with van der Waals surface area (Å²) in [6.45, 7) is 2.26. The molecule has 0 saturated heterocycles. The molecule has 4 nitrogen and oxygen atoms in total. The highest BCUT2D eigenvalue weighted by Gasteiger charge is 2.15. The van der Waals surface area contributed by atoms with Gasteiger partial charge in [0.15, 0.2) is 0 Å². The van der Waals surface area contributed by atoms with Crippen molar-refractivity contribution in [1.82, 2.24) is 5.32 Å². The second-order valence-corrected chi connectivity index (χ2v) is 5.00. The van der Waals surface area contributed by atoms with E-state index in [0.29, 0.717) is 5.56 Å². The predicted molar refractivity (Wildman–Crippen MR) is 79.5 cm³/mol. The van der Waals surface area contributed by atoms with Crippen LogP contribution < -0.4 is 5.32 Å². The summed E-state index contributed by atoms with van der Waals surface area (Å²) >= 11 is 0. The van der Waals surface area contributed by atoms with E-state index in [-0.39, 0.29) is 18.3 Å². The molecule has 0 aliphatic carbocycles. The van der Waals surface area contributed by atoms with E-state index >= 15 is 0 Å². The zero-order valence-corrected chi connectivity index (χ0v) is 11.8. The molecular formula is C16H17FN2O2. The molecule has 1 atom stereocenters. The zero-order valence-electron chi connectivity index (χ0n) is 11.8. The third-order valence-electron chi connectivity index (χ3n) is 3.26. The molecule has 0 spiro atoms. The van der Waals surface area contributed by atoms with E-state index in [1.165, 1.54) is 17.7 Å². The Labute approximate surface area is 122 Å². The summed E-state index contributed by atoms with van der Waals surface area (Å²) in [6, 6.07) is 13.6. The monoisotopic (exact) mass is 288 g/mol. The van der Waals surface area contributed by atoms with Gasteiger partial charge in [-0.3, -0.25) is 10.1 Å². The van der Waals surface area contributed by atoms with E-state index in [0.717, 1.165) is 12.5 Å². The molecule has 0 bridgehead atoms. The van der Waals surface area contributed by atoms with Crippen LogP contribution in [0.5, 0.6) is 0 Å². The topological polar surface area (TPSA) is 55.2 Å². The highest BCUT2D eigenvalue weighted by molar-refractivity contribution is 5.40. The summed E-state index contributed by atoms with van der Waals surface area (Å²) < 4.78 is 13.2. The molecule has 0 aliphatic heterocycles. The molecule has 2 rings (SSSR count). The Hall–Kier alpha value is -2.27. The summed E-state index contributed by atoms with van der Waals surface area (Å²) in [5.74, 6) is -0.465. The molecule has 0 amide bonds. The molecule has 0 saturated carbocycles. The van der Waals surface area contributed by atoms with Crippen LogP contribution in [0.4, 0.5) is 10.1 Å². The summed E-state index contributed by atoms with van der Waals surface area (Å²) in [5.41, 5.74) is 1.49. The Morgan fingerprint density at radius 1 is 1.24 bits per heavy atom. The van der Waals surface area contributed by atoms with E-state index in [9.17, 15) is 14.5 Å². The van der Waals surface area contributed by atoms with Crippen molar-refractivity contribution in [2.45, 2.75) is 25.9 Å². The first kappa shape index (κ1) is 15.1. The molecule has 0 aliphatic rings. The van der Waals surface area contributed by atoms with Gasteiger partial charge in [-0.1, -0.05) is 30.3 Å². The van der Waals surface area contributed by atoms with Crippen molar-refractivity contribution in [3.05, 3.63) is 75.6 Å². The third kappa shape index (κ3) is 4.36. The van der Waals surface area contributed by atoms with Gasteiger partial charge in [-0.05, 0) is 31.0 Å². The zero-order chi connectivity index (χ0) is 15.2. The fraction of sp³-hybridized carbons (Fsp3) is 0.250. The molecular weight excluding hydrogens is 271 g/mol. The lowest BCUT2D eigenvalue weighted by molar-refractivity contribution is -0.385. The van der Waals surface area contributed by atoms with Crippen LogP contribution in [-0.4, -0.2) is 11.0 Å². The molecule has 2 aromatic carbocycles. The van der Waals surface area contributed by atoms with Gasteiger partial charge in [-0.2, -0.15) is 0 Å². The van der Waals surface area contributed by atoms with Gasteiger partial charge < -0.3 is 5.32 Å². The molecule has 2 aromatic rings. The van der Waals surface area contributed by atoms with Crippen molar-refractivity contribution >= 4 is 5.69 Å². The molecule has 0 heterocycles. The normalized spacial score (nSPS) is 12.1. The van der Waals surface area contributed by atoms with Crippen LogP contribution in [0.15, 0.2) is 48.5 Å². The highest BCUT2D eigenvalue weighted by Crippen LogP contribution is 2.19. The maximum atomic E-state index is 13.2. The maximum Gasteiger partial charge on any atom is 0.274 e. The molecule has 110 valence electrons. The number of halogens is 1. The van der Waals surface area contributed by atoms with E-state index in [4.69, 9.17) is 0 Å². The first-order chi connectivity index (χ1) is 10.1. The minimum Gasteiger partial charge on any atom is -0.310 e. The molecule has 5 heteroatoms. The average Bonchev–Trinajstić information content (AvgIpc) is 2.46. The Morgan fingerprint density at radius 3 is 2.62 bits per heavy atom. The molecule has 21 heavy (non-hydrogen) atoms. The summed E-state index contributed by atoms with van der Waals surface area (Å²) in [5, 5.41) is 14.1. The van der Waals surface area contributed by atoms with Crippen LogP contribution in [-0.2, 0) is 13.0 Å². The number of nitrogens with zero attached hydrogens (tertiary/aromatic N) is 1. The lowest BCUT2D eigenvalue weighted by Gasteiger charge is -2.14. The highest BCUT2D eigenvalue weighted by atomic mass is 19.1. The standard InChI is InChI=1S/C16H17FN2O2/c1-12(9-13-5-3-2-4-6-13)18-11-14-10-15(17)7-8-16(14)19(20)21/h2-8,10,12,18H,9,11H2,1H3. The van der Waals surface area contributed by atoms with Gasteiger partial charge in [0.2, 0.25) is 0 Å². The first-order valence-electron chi connectivity index (χ1n) is 6.76. The molecule has 1 unspecified atom stereocenters. The first-order valence-corrected chi connectivity index (χ1v) is 6.76. The van der Waals surface area contributed by atoms with Crippen molar-refractivity contribution in [2.24, 2.45) is 0 Å². The Kier molecular flexibility index (Phi) is 5.00. The second-order valence-electron chi connectivity index (χ2n) is 5.00. The van der Waals surface area contributed by atoms with Crippen LogP contribution in [0.2, 0.25) is 0 Å². The van der Waals surface area contributed by atoms with Gasteiger partial charge in [0, 0.05) is 24.2 Å². The number of nitrogens with one attached hydrogen (secondary N) is 1. The van der Waals surface area contributed by atoms with E-state index < -0.39 is 10.7 Å². The number of rotatable bonds is 6. The van der Waals surface area contributed by atoms with Crippen molar-refractivity contribution in [3.8, 4) is 0 Å². The van der Waals surface area contributed by atoms with Crippen molar-refractivity contribution in [3.63, 3.8) is 0 Å². The van der Waals surface area contributed by atoms with Crippen molar-refractivity contribution < 1.29 is 9.31 Å². The number of benzene rings is 2. The van der Waals surface area contributed by atoms with Gasteiger partial charge in [-0.25, -0.2) is 4.39 Å². The number of hydrogen-bond donors (Lipinski definition) is 1. The number of nitro benzene ring substituents is 1. The minimum absolute atomic E-state index is 0.0594. The van der Waals surface area contributed by atoms with Crippen LogP contribution in [0, 0.1) is 15.9 Å². The fourth-order valence-electron chi connectivity index (χ4n) is 2.20. The van der Waals surface area contributed by atoms with Gasteiger partial charge in [-0.15, -0.1) is 0 Å². The van der Waals surface area contributed by atoms with Gasteiger partial charge in [0.25, 0.3) is 5.69 Å². The molecule has 0 aromatic heterocycles. The average molecular weight is 288 g/mol. The van der Waals surface area contributed by atoms with E-state index in [1.54, 1.807) is 0 Å².